The Balaban J connectivity index is 1.84. The molecule has 0 unspecified atom stereocenters. The molecule has 2 aromatic carbocycles. The number of aromatic nitrogens is 1. The van der Waals surface area contributed by atoms with Crippen LogP contribution in [0.15, 0.2) is 66.0 Å². The van der Waals surface area contributed by atoms with E-state index in [4.69, 9.17) is 4.74 Å². The molecule has 5 nitrogen and oxygen atoms in total. The number of benzene rings is 2. The van der Waals surface area contributed by atoms with E-state index < -0.39 is 11.8 Å². The van der Waals surface area contributed by atoms with Crippen LogP contribution in [0.1, 0.15) is 34.6 Å². The van der Waals surface area contributed by atoms with Crippen molar-refractivity contribution in [3.8, 4) is 0 Å². The number of ketones is 1. The highest BCUT2D eigenvalue weighted by Crippen LogP contribution is 2.28. The first-order valence-electron chi connectivity index (χ1n) is 8.22. The first kappa shape index (κ1) is 17.8. The summed E-state index contributed by atoms with van der Waals surface area (Å²) in [6.07, 6.45) is 0. The Bertz CT molecular complexity index is 839. The van der Waals surface area contributed by atoms with Gasteiger partial charge in [-0.05, 0) is 18.1 Å². The molecule has 0 saturated heterocycles. The maximum Gasteiger partial charge on any atom is 0.381 e. The summed E-state index contributed by atoms with van der Waals surface area (Å²) in [6.45, 7) is 1.81. The SMILES string of the molecule is CCOC(=O)C(=O)c1csc(NC(c2ccccc2)c2ccccc2)n1. The average Bonchev–Trinajstić information content (AvgIpc) is 3.16. The fraction of sp³-hybridized carbons (Fsp3) is 0.150. The van der Waals surface area contributed by atoms with Crippen LogP contribution in [0.3, 0.4) is 0 Å². The van der Waals surface area contributed by atoms with Crippen LogP contribution in [-0.2, 0) is 9.53 Å². The summed E-state index contributed by atoms with van der Waals surface area (Å²) < 4.78 is 4.74. The van der Waals surface area contributed by atoms with Crippen LogP contribution in [-0.4, -0.2) is 23.3 Å². The third-order valence-electron chi connectivity index (χ3n) is 3.73. The van der Waals surface area contributed by atoms with Crippen molar-refractivity contribution < 1.29 is 14.3 Å². The van der Waals surface area contributed by atoms with Crippen LogP contribution in [0.4, 0.5) is 5.13 Å². The normalized spacial score (nSPS) is 10.5. The van der Waals surface area contributed by atoms with Gasteiger partial charge in [0.25, 0.3) is 5.78 Å². The number of hydrogen-bond donors (Lipinski definition) is 1. The zero-order valence-corrected chi connectivity index (χ0v) is 15.0. The zero-order valence-electron chi connectivity index (χ0n) is 14.2. The predicted octanol–water partition coefficient (Wildman–Crippen LogP) is 4.09. The van der Waals surface area contributed by atoms with Crippen LogP contribution >= 0.6 is 11.3 Å². The summed E-state index contributed by atoms with van der Waals surface area (Å²) in [5, 5.41) is 5.49. The Morgan fingerprint density at radius 1 is 1.04 bits per heavy atom. The first-order chi connectivity index (χ1) is 12.7. The van der Waals surface area contributed by atoms with Crippen molar-refractivity contribution in [2.24, 2.45) is 0 Å². The van der Waals surface area contributed by atoms with E-state index in [1.807, 2.05) is 60.7 Å². The molecule has 26 heavy (non-hydrogen) atoms. The van der Waals surface area contributed by atoms with Gasteiger partial charge in [-0.2, -0.15) is 0 Å². The van der Waals surface area contributed by atoms with Crippen LogP contribution in [0.25, 0.3) is 0 Å². The first-order valence-corrected chi connectivity index (χ1v) is 9.10. The van der Waals surface area contributed by atoms with E-state index in [-0.39, 0.29) is 18.3 Å². The van der Waals surface area contributed by atoms with Gasteiger partial charge in [-0.25, -0.2) is 9.78 Å². The number of esters is 1. The molecular formula is C20H18N2O3S. The van der Waals surface area contributed by atoms with Crippen molar-refractivity contribution in [1.29, 1.82) is 0 Å². The maximum atomic E-state index is 12.0. The molecular weight excluding hydrogens is 348 g/mol. The lowest BCUT2D eigenvalue weighted by molar-refractivity contribution is -0.137. The summed E-state index contributed by atoms with van der Waals surface area (Å²) >= 11 is 1.28. The van der Waals surface area contributed by atoms with Gasteiger partial charge in [0.05, 0.1) is 12.6 Å². The van der Waals surface area contributed by atoms with Crippen LogP contribution in [0.2, 0.25) is 0 Å². The van der Waals surface area contributed by atoms with Crippen molar-refractivity contribution in [2.75, 3.05) is 11.9 Å². The Labute approximate surface area is 155 Å². The summed E-state index contributed by atoms with van der Waals surface area (Å²) in [6, 6.07) is 19.8. The second kappa shape index (κ2) is 8.40. The monoisotopic (exact) mass is 366 g/mol. The minimum Gasteiger partial charge on any atom is -0.460 e. The average molecular weight is 366 g/mol. The summed E-state index contributed by atoms with van der Waals surface area (Å²) in [5.41, 5.74) is 2.25. The molecule has 132 valence electrons. The number of carbonyl (C=O) groups is 2. The van der Waals surface area contributed by atoms with Gasteiger partial charge in [-0.15, -0.1) is 11.3 Å². The van der Waals surface area contributed by atoms with E-state index >= 15 is 0 Å². The number of thiazole rings is 1. The van der Waals surface area contributed by atoms with E-state index in [1.54, 1.807) is 12.3 Å². The van der Waals surface area contributed by atoms with Gasteiger partial charge in [-0.1, -0.05) is 60.7 Å². The van der Waals surface area contributed by atoms with Gasteiger partial charge in [0, 0.05) is 5.38 Å². The van der Waals surface area contributed by atoms with Crippen LogP contribution in [0.5, 0.6) is 0 Å². The van der Waals surface area contributed by atoms with E-state index in [0.29, 0.717) is 5.13 Å². The number of rotatable bonds is 7. The van der Waals surface area contributed by atoms with Crippen molar-refractivity contribution in [3.63, 3.8) is 0 Å². The van der Waals surface area contributed by atoms with Crippen LogP contribution in [0, 0.1) is 0 Å². The minimum absolute atomic E-state index is 0.0934. The molecule has 0 amide bonds. The highest BCUT2D eigenvalue weighted by Gasteiger charge is 2.22. The number of nitrogens with zero attached hydrogens (tertiary/aromatic N) is 1. The van der Waals surface area contributed by atoms with Crippen molar-refractivity contribution >= 4 is 28.2 Å². The molecule has 0 bridgehead atoms. The van der Waals surface area contributed by atoms with Gasteiger partial charge >= 0.3 is 5.97 Å². The summed E-state index contributed by atoms with van der Waals surface area (Å²) in [7, 11) is 0. The molecule has 0 aliphatic heterocycles. The number of Topliss-reactive ketones (excluding diaryl/α,β-unsaturated/α-hetero) is 1. The van der Waals surface area contributed by atoms with E-state index in [9.17, 15) is 9.59 Å². The zero-order chi connectivity index (χ0) is 18.4. The second-order valence-electron chi connectivity index (χ2n) is 5.49. The molecule has 3 aromatic rings. The van der Waals surface area contributed by atoms with Crippen molar-refractivity contribution in [1.82, 2.24) is 4.98 Å². The van der Waals surface area contributed by atoms with Gasteiger partial charge in [0.1, 0.15) is 5.69 Å². The highest BCUT2D eigenvalue weighted by molar-refractivity contribution is 7.14. The molecule has 0 spiro atoms. The van der Waals surface area contributed by atoms with E-state index in [1.165, 1.54) is 11.3 Å². The Hall–Kier alpha value is -2.99. The lowest BCUT2D eigenvalue weighted by atomic mass is 9.99. The summed E-state index contributed by atoms with van der Waals surface area (Å²) in [5.74, 6) is -1.61. The molecule has 1 heterocycles. The largest absolute Gasteiger partial charge is 0.460 e. The quantitative estimate of drug-likeness (QED) is 0.387. The third kappa shape index (κ3) is 4.15. The fourth-order valence-electron chi connectivity index (χ4n) is 2.52. The number of hydrogen-bond acceptors (Lipinski definition) is 6. The van der Waals surface area contributed by atoms with Crippen LogP contribution < -0.4 is 5.32 Å². The molecule has 0 aliphatic rings. The maximum absolute atomic E-state index is 12.0. The summed E-state index contributed by atoms with van der Waals surface area (Å²) in [4.78, 5) is 27.9. The third-order valence-corrected chi connectivity index (χ3v) is 4.50. The molecule has 0 radical (unpaired) electrons. The lowest BCUT2D eigenvalue weighted by Gasteiger charge is -2.19. The molecule has 0 fully saturated rings. The van der Waals surface area contributed by atoms with Gasteiger partial charge in [0.2, 0.25) is 0 Å². The molecule has 1 N–H and O–H groups in total. The molecule has 1 aromatic heterocycles. The fourth-order valence-corrected chi connectivity index (χ4v) is 3.24. The smallest absolute Gasteiger partial charge is 0.381 e. The van der Waals surface area contributed by atoms with E-state index in [2.05, 4.69) is 10.3 Å². The second-order valence-corrected chi connectivity index (χ2v) is 6.34. The van der Waals surface area contributed by atoms with Gasteiger partial charge in [-0.3, -0.25) is 4.79 Å². The minimum atomic E-state index is -0.882. The lowest BCUT2D eigenvalue weighted by Crippen LogP contribution is -2.18. The molecule has 0 saturated carbocycles. The number of carbonyl (C=O) groups excluding carboxylic acids is 2. The number of ether oxygens (including phenoxy) is 1. The predicted molar refractivity (Wildman–Crippen MR) is 101 cm³/mol. The topological polar surface area (TPSA) is 68.3 Å². The standard InChI is InChI=1S/C20H18N2O3S/c1-2-25-19(24)18(23)16-13-26-20(21-16)22-17(14-9-5-3-6-10-14)15-11-7-4-8-12-15/h3-13,17H,2H2,1H3,(H,21,22). The molecule has 0 atom stereocenters. The van der Waals surface area contributed by atoms with Crippen molar-refractivity contribution in [2.45, 2.75) is 13.0 Å². The Morgan fingerprint density at radius 2 is 1.62 bits per heavy atom. The van der Waals surface area contributed by atoms with E-state index in [0.717, 1.165) is 11.1 Å². The van der Waals surface area contributed by atoms with Crippen molar-refractivity contribution in [3.05, 3.63) is 82.9 Å². The molecule has 6 heteroatoms. The highest BCUT2D eigenvalue weighted by atomic mass is 32.1. The van der Waals surface area contributed by atoms with Gasteiger partial charge < -0.3 is 10.1 Å². The van der Waals surface area contributed by atoms with Gasteiger partial charge in [0.15, 0.2) is 5.13 Å². The number of nitrogens with one attached hydrogen (secondary N) is 1. The molecule has 0 aliphatic carbocycles. The molecule has 3 rings (SSSR count). The number of anilines is 1. The Morgan fingerprint density at radius 3 is 2.15 bits per heavy atom. The Kier molecular flexibility index (Phi) is 5.76.